The summed E-state index contributed by atoms with van der Waals surface area (Å²) >= 11 is 3.35. The van der Waals surface area contributed by atoms with E-state index in [9.17, 15) is 8.42 Å². The summed E-state index contributed by atoms with van der Waals surface area (Å²) in [6.45, 7) is 4.14. The van der Waals surface area contributed by atoms with Crippen molar-refractivity contribution in [2.45, 2.75) is 18.7 Å². The van der Waals surface area contributed by atoms with E-state index < -0.39 is 10.0 Å². The van der Waals surface area contributed by atoms with E-state index in [0.29, 0.717) is 18.1 Å². The molecule has 0 aromatic heterocycles. The number of nitrogens with one attached hydrogen (secondary N) is 1. The second-order valence-corrected chi connectivity index (χ2v) is 7.28. The summed E-state index contributed by atoms with van der Waals surface area (Å²) in [6, 6.07) is 13.6. The van der Waals surface area contributed by atoms with Gasteiger partial charge in [0.25, 0.3) is 10.0 Å². The summed E-state index contributed by atoms with van der Waals surface area (Å²) in [5.74, 6) is 0.626. The van der Waals surface area contributed by atoms with Gasteiger partial charge in [-0.15, -0.1) is 0 Å². The molecule has 7 heteroatoms. The van der Waals surface area contributed by atoms with Crippen LogP contribution in [0.25, 0.3) is 0 Å². The van der Waals surface area contributed by atoms with Crippen LogP contribution in [0.3, 0.4) is 0 Å². The quantitative estimate of drug-likeness (QED) is 0.599. The Bertz CT molecular complexity index is 785. The highest BCUT2D eigenvalue weighted by atomic mass is 79.9. The number of benzene rings is 2. The zero-order valence-electron chi connectivity index (χ0n) is 12.8. The van der Waals surface area contributed by atoms with Gasteiger partial charge < -0.3 is 4.74 Å². The fourth-order valence-corrected chi connectivity index (χ4v) is 2.94. The smallest absolute Gasteiger partial charge is 0.276 e. The first-order valence-corrected chi connectivity index (χ1v) is 9.25. The van der Waals surface area contributed by atoms with Gasteiger partial charge in [0.1, 0.15) is 5.75 Å². The van der Waals surface area contributed by atoms with E-state index >= 15 is 0 Å². The van der Waals surface area contributed by atoms with Gasteiger partial charge >= 0.3 is 0 Å². The van der Waals surface area contributed by atoms with Crippen molar-refractivity contribution in [2.75, 3.05) is 6.61 Å². The second-order valence-electron chi connectivity index (χ2n) is 4.70. The molecule has 0 unspecified atom stereocenters. The Morgan fingerprint density at radius 1 is 1.13 bits per heavy atom. The lowest BCUT2D eigenvalue weighted by atomic mass is 10.1. The third kappa shape index (κ3) is 4.80. The van der Waals surface area contributed by atoms with Gasteiger partial charge in [0.15, 0.2) is 0 Å². The van der Waals surface area contributed by atoms with E-state index in [1.807, 2.05) is 31.2 Å². The summed E-state index contributed by atoms with van der Waals surface area (Å²) in [5, 5.41) is 3.96. The molecule has 2 rings (SSSR count). The Labute approximate surface area is 144 Å². The van der Waals surface area contributed by atoms with E-state index in [4.69, 9.17) is 4.74 Å². The molecule has 1 N–H and O–H groups in total. The van der Waals surface area contributed by atoms with Crippen LogP contribution in [0.5, 0.6) is 5.75 Å². The molecule has 0 aliphatic rings. The van der Waals surface area contributed by atoms with Crippen LogP contribution >= 0.6 is 15.9 Å². The van der Waals surface area contributed by atoms with Crippen molar-refractivity contribution in [3.63, 3.8) is 0 Å². The molecule has 0 aliphatic carbocycles. The van der Waals surface area contributed by atoms with Crippen LogP contribution in [-0.2, 0) is 10.0 Å². The number of halogens is 1. The molecule has 0 atom stereocenters. The van der Waals surface area contributed by atoms with E-state index in [1.165, 1.54) is 12.1 Å². The standard InChI is InChI=1S/C16H17BrN2O3S/c1-3-22-15-8-10-16(11-9-15)23(20,21)19-18-12(2)13-4-6-14(17)7-5-13/h4-11,19H,3H2,1-2H3. The lowest BCUT2D eigenvalue weighted by Gasteiger charge is -2.07. The molecular formula is C16H17BrN2O3S. The van der Waals surface area contributed by atoms with Crippen LogP contribution in [0.15, 0.2) is 63.0 Å². The first kappa shape index (κ1) is 17.5. The van der Waals surface area contributed by atoms with E-state index in [0.717, 1.165) is 10.0 Å². The molecule has 122 valence electrons. The minimum Gasteiger partial charge on any atom is -0.494 e. The van der Waals surface area contributed by atoms with Crippen LogP contribution in [0.2, 0.25) is 0 Å². The highest BCUT2D eigenvalue weighted by Crippen LogP contribution is 2.16. The van der Waals surface area contributed by atoms with Gasteiger partial charge in [0.05, 0.1) is 17.2 Å². The van der Waals surface area contributed by atoms with Crippen LogP contribution in [0, 0.1) is 0 Å². The molecule has 0 fully saturated rings. The SMILES string of the molecule is CCOc1ccc(S(=O)(=O)NN=C(C)c2ccc(Br)cc2)cc1. The molecule has 0 saturated heterocycles. The zero-order valence-corrected chi connectivity index (χ0v) is 15.2. The van der Waals surface area contributed by atoms with E-state index in [-0.39, 0.29) is 4.90 Å². The van der Waals surface area contributed by atoms with Gasteiger partial charge in [-0.1, -0.05) is 28.1 Å². The van der Waals surface area contributed by atoms with Crippen LogP contribution in [0.1, 0.15) is 19.4 Å². The fraction of sp³-hybridized carbons (Fsp3) is 0.188. The summed E-state index contributed by atoms with van der Waals surface area (Å²) < 4.78 is 30.7. The summed E-state index contributed by atoms with van der Waals surface area (Å²) in [5.41, 5.74) is 1.41. The van der Waals surface area contributed by atoms with Crippen LogP contribution in [0.4, 0.5) is 0 Å². The minimum atomic E-state index is -3.71. The van der Waals surface area contributed by atoms with Gasteiger partial charge in [-0.3, -0.25) is 0 Å². The number of ether oxygens (including phenoxy) is 1. The molecule has 5 nitrogen and oxygen atoms in total. The van der Waals surface area contributed by atoms with Gasteiger partial charge in [0.2, 0.25) is 0 Å². The number of hydrazone groups is 1. The fourth-order valence-electron chi connectivity index (χ4n) is 1.82. The van der Waals surface area contributed by atoms with Crippen LogP contribution < -0.4 is 9.57 Å². The number of hydrogen-bond acceptors (Lipinski definition) is 4. The predicted octanol–water partition coefficient (Wildman–Crippen LogP) is 3.55. The highest BCUT2D eigenvalue weighted by molar-refractivity contribution is 9.10. The molecule has 0 spiro atoms. The predicted molar refractivity (Wildman–Crippen MR) is 94.3 cm³/mol. The number of rotatable bonds is 6. The van der Waals surface area contributed by atoms with E-state index in [1.54, 1.807) is 19.1 Å². The Hall–Kier alpha value is -1.86. The van der Waals surface area contributed by atoms with Crippen molar-refractivity contribution in [1.29, 1.82) is 0 Å². The Kier molecular flexibility index (Phi) is 5.79. The lowest BCUT2D eigenvalue weighted by Crippen LogP contribution is -2.19. The van der Waals surface area contributed by atoms with Crippen molar-refractivity contribution in [2.24, 2.45) is 5.10 Å². The average Bonchev–Trinajstić information content (AvgIpc) is 2.54. The maximum Gasteiger partial charge on any atom is 0.276 e. The topological polar surface area (TPSA) is 67.8 Å². The first-order chi connectivity index (χ1) is 10.9. The first-order valence-electron chi connectivity index (χ1n) is 6.97. The van der Waals surface area contributed by atoms with Gasteiger partial charge in [-0.05, 0) is 55.8 Å². The molecule has 0 saturated carbocycles. The van der Waals surface area contributed by atoms with E-state index in [2.05, 4.69) is 25.9 Å². The van der Waals surface area contributed by atoms with Gasteiger partial charge in [0, 0.05) is 4.47 Å². The summed E-state index contributed by atoms with van der Waals surface area (Å²) in [4.78, 5) is 2.38. The molecule has 0 heterocycles. The minimum absolute atomic E-state index is 0.133. The third-order valence-corrected chi connectivity index (χ3v) is 4.79. The number of hydrogen-bond donors (Lipinski definition) is 1. The van der Waals surface area contributed by atoms with Gasteiger partial charge in [-0.25, -0.2) is 0 Å². The summed E-state index contributed by atoms with van der Waals surface area (Å²) in [7, 11) is -3.71. The summed E-state index contributed by atoms with van der Waals surface area (Å²) in [6.07, 6.45) is 0. The second kappa shape index (κ2) is 7.61. The Morgan fingerprint density at radius 3 is 2.30 bits per heavy atom. The highest BCUT2D eigenvalue weighted by Gasteiger charge is 2.13. The van der Waals surface area contributed by atoms with Crippen molar-refractivity contribution in [1.82, 2.24) is 4.83 Å². The molecule has 0 amide bonds. The molecule has 2 aromatic carbocycles. The van der Waals surface area contributed by atoms with Crippen molar-refractivity contribution in [3.8, 4) is 5.75 Å². The monoisotopic (exact) mass is 396 g/mol. The number of nitrogens with zero attached hydrogens (tertiary/aromatic N) is 1. The molecule has 0 bridgehead atoms. The number of sulfonamides is 1. The molecule has 0 radical (unpaired) electrons. The maximum absolute atomic E-state index is 12.2. The molecule has 0 aliphatic heterocycles. The molecule has 23 heavy (non-hydrogen) atoms. The molecular weight excluding hydrogens is 380 g/mol. The largest absolute Gasteiger partial charge is 0.494 e. The normalized spacial score (nSPS) is 12.0. The molecule has 2 aromatic rings. The van der Waals surface area contributed by atoms with Crippen molar-refractivity contribution in [3.05, 3.63) is 58.6 Å². The van der Waals surface area contributed by atoms with Crippen molar-refractivity contribution >= 4 is 31.7 Å². The lowest BCUT2D eigenvalue weighted by molar-refractivity contribution is 0.340. The Morgan fingerprint density at radius 2 is 1.74 bits per heavy atom. The van der Waals surface area contributed by atoms with Gasteiger partial charge in [-0.2, -0.15) is 18.4 Å². The zero-order chi connectivity index (χ0) is 16.9. The van der Waals surface area contributed by atoms with Crippen molar-refractivity contribution < 1.29 is 13.2 Å². The maximum atomic E-state index is 12.2. The van der Waals surface area contributed by atoms with Crippen LogP contribution in [-0.4, -0.2) is 20.7 Å². The average molecular weight is 397 g/mol. The Balaban J connectivity index is 2.14. The third-order valence-electron chi connectivity index (χ3n) is 3.04.